The number of carboxylic acids is 1. The fourth-order valence-electron chi connectivity index (χ4n) is 3.17. The third kappa shape index (κ3) is 4.88. The molecule has 30 heavy (non-hydrogen) atoms. The molecule has 0 unspecified atom stereocenters. The van der Waals surface area contributed by atoms with Crippen LogP contribution in [0.2, 0.25) is 0 Å². The van der Waals surface area contributed by atoms with Gasteiger partial charge in [-0.3, -0.25) is 14.6 Å². The first-order chi connectivity index (χ1) is 14.3. The Morgan fingerprint density at radius 3 is 1.67 bits per heavy atom. The Hall–Kier alpha value is -4.00. The zero-order valence-electron chi connectivity index (χ0n) is 16.4. The van der Waals surface area contributed by atoms with Gasteiger partial charge in [-0.25, -0.2) is 4.79 Å². The van der Waals surface area contributed by atoms with E-state index in [0.29, 0.717) is 17.1 Å². The number of nitrogens with zero attached hydrogens (tertiary/aromatic N) is 1. The summed E-state index contributed by atoms with van der Waals surface area (Å²) in [6.45, 7) is 2.63. The van der Waals surface area contributed by atoms with E-state index in [1.165, 1.54) is 32.3 Å². The van der Waals surface area contributed by atoms with Crippen molar-refractivity contribution in [3.8, 4) is 11.5 Å². The minimum absolute atomic E-state index is 0.128. The van der Waals surface area contributed by atoms with E-state index < -0.39 is 23.8 Å². The van der Waals surface area contributed by atoms with E-state index >= 15 is 0 Å². The predicted molar refractivity (Wildman–Crippen MR) is 108 cm³/mol. The average molecular weight is 405 g/mol. The highest BCUT2D eigenvalue weighted by Crippen LogP contribution is 2.35. The van der Waals surface area contributed by atoms with Crippen molar-refractivity contribution in [2.24, 2.45) is 0 Å². The molecule has 0 bridgehead atoms. The topological polar surface area (TPSA) is 103 Å². The van der Waals surface area contributed by atoms with Crippen molar-refractivity contribution >= 4 is 17.9 Å². The van der Waals surface area contributed by atoms with Gasteiger partial charge in [0.1, 0.15) is 11.5 Å². The predicted octanol–water partition coefficient (Wildman–Crippen LogP) is 3.81. The van der Waals surface area contributed by atoms with E-state index in [0.717, 1.165) is 11.1 Å². The summed E-state index contributed by atoms with van der Waals surface area (Å²) < 4.78 is 10.2. The van der Waals surface area contributed by atoms with E-state index in [2.05, 4.69) is 4.98 Å². The summed E-state index contributed by atoms with van der Waals surface area (Å²) in [5.74, 6) is -1.60. The van der Waals surface area contributed by atoms with Gasteiger partial charge in [0.05, 0.1) is 5.56 Å². The van der Waals surface area contributed by atoms with Gasteiger partial charge in [-0.15, -0.1) is 0 Å². The Bertz CT molecular complexity index is 1010. The van der Waals surface area contributed by atoms with Gasteiger partial charge >= 0.3 is 17.9 Å². The number of hydrogen-bond donors (Lipinski definition) is 1. The highest BCUT2D eigenvalue weighted by atomic mass is 16.5. The fraction of sp³-hybridized carbons (Fsp3) is 0.130. The molecule has 3 aromatic rings. The van der Waals surface area contributed by atoms with Crippen molar-refractivity contribution in [3.63, 3.8) is 0 Å². The summed E-state index contributed by atoms with van der Waals surface area (Å²) in [6.07, 6.45) is 2.95. The minimum atomic E-state index is -1.06. The number of ether oxygens (including phenoxy) is 2. The lowest BCUT2D eigenvalue weighted by molar-refractivity contribution is -0.132. The van der Waals surface area contributed by atoms with E-state index in [9.17, 15) is 19.5 Å². The number of hydrogen-bond acceptors (Lipinski definition) is 6. The highest BCUT2D eigenvalue weighted by molar-refractivity contribution is 5.89. The van der Waals surface area contributed by atoms with Crippen molar-refractivity contribution in [2.75, 3.05) is 0 Å². The summed E-state index contributed by atoms with van der Waals surface area (Å²) in [5.41, 5.74) is 2.19. The number of carbonyl (C=O) groups is 3. The molecule has 3 rings (SSSR count). The molecule has 7 heteroatoms. The van der Waals surface area contributed by atoms with Crippen molar-refractivity contribution in [1.29, 1.82) is 0 Å². The lowest BCUT2D eigenvalue weighted by Crippen LogP contribution is -2.11. The van der Waals surface area contributed by atoms with Crippen LogP contribution in [0.1, 0.15) is 46.8 Å². The van der Waals surface area contributed by atoms with Crippen LogP contribution in [0.5, 0.6) is 11.5 Å². The van der Waals surface area contributed by atoms with Gasteiger partial charge in [-0.1, -0.05) is 24.3 Å². The molecule has 0 aliphatic carbocycles. The Balaban J connectivity index is 2.09. The van der Waals surface area contributed by atoms with E-state index in [-0.39, 0.29) is 5.56 Å². The summed E-state index contributed by atoms with van der Waals surface area (Å²) in [6, 6.07) is 15.1. The molecule has 0 aliphatic rings. The highest BCUT2D eigenvalue weighted by Gasteiger charge is 2.23. The maximum Gasteiger partial charge on any atom is 0.336 e. The normalized spacial score (nSPS) is 10.5. The van der Waals surface area contributed by atoms with Gasteiger partial charge < -0.3 is 14.6 Å². The molecule has 0 saturated heterocycles. The second-order valence-electron chi connectivity index (χ2n) is 6.53. The number of aromatic carboxylic acids is 1. The summed E-state index contributed by atoms with van der Waals surface area (Å²) in [7, 11) is 0. The molecule has 0 aliphatic heterocycles. The van der Waals surface area contributed by atoms with Crippen molar-refractivity contribution in [3.05, 3.63) is 89.2 Å². The first kappa shape index (κ1) is 20.7. The zero-order valence-corrected chi connectivity index (χ0v) is 16.4. The third-order valence-corrected chi connectivity index (χ3v) is 4.34. The molecule has 2 aromatic carbocycles. The van der Waals surface area contributed by atoms with Gasteiger partial charge in [-0.05, 0) is 47.0 Å². The number of benzene rings is 2. The molecule has 0 fully saturated rings. The summed E-state index contributed by atoms with van der Waals surface area (Å²) in [4.78, 5) is 38.3. The first-order valence-corrected chi connectivity index (χ1v) is 9.09. The average Bonchev–Trinajstić information content (AvgIpc) is 2.70. The van der Waals surface area contributed by atoms with Gasteiger partial charge in [0, 0.05) is 32.2 Å². The second kappa shape index (κ2) is 9.00. The van der Waals surface area contributed by atoms with Crippen LogP contribution in [0.25, 0.3) is 0 Å². The van der Waals surface area contributed by atoms with Gasteiger partial charge in [-0.2, -0.15) is 0 Å². The maximum atomic E-state index is 11.8. The Kier molecular flexibility index (Phi) is 6.22. The maximum absolute atomic E-state index is 11.8. The molecule has 7 nitrogen and oxygen atoms in total. The zero-order chi connectivity index (χ0) is 21.7. The van der Waals surface area contributed by atoms with Crippen LogP contribution in [-0.2, 0) is 9.59 Å². The molecular formula is C23H19NO6. The molecule has 0 atom stereocenters. The summed E-state index contributed by atoms with van der Waals surface area (Å²) >= 11 is 0. The quantitative estimate of drug-likeness (QED) is 0.491. The van der Waals surface area contributed by atoms with Crippen LogP contribution in [0.4, 0.5) is 0 Å². The molecule has 1 heterocycles. The third-order valence-electron chi connectivity index (χ3n) is 4.34. The minimum Gasteiger partial charge on any atom is -0.478 e. The number of carboxylic acid groups (broad SMARTS) is 1. The Labute approximate surface area is 172 Å². The van der Waals surface area contributed by atoms with Crippen molar-refractivity contribution < 1.29 is 29.0 Å². The van der Waals surface area contributed by atoms with Gasteiger partial charge in [0.15, 0.2) is 0 Å². The molecule has 0 spiro atoms. The Morgan fingerprint density at radius 2 is 1.27 bits per heavy atom. The number of carbonyl (C=O) groups excluding carboxylic acids is 2. The monoisotopic (exact) mass is 405 g/mol. The largest absolute Gasteiger partial charge is 0.478 e. The molecule has 0 radical (unpaired) electrons. The van der Waals surface area contributed by atoms with Gasteiger partial charge in [0.2, 0.25) is 0 Å². The lowest BCUT2D eigenvalue weighted by atomic mass is 9.83. The van der Waals surface area contributed by atoms with Crippen LogP contribution in [0, 0.1) is 0 Å². The first-order valence-electron chi connectivity index (χ1n) is 9.09. The van der Waals surface area contributed by atoms with Crippen LogP contribution in [0.3, 0.4) is 0 Å². The van der Waals surface area contributed by atoms with Crippen LogP contribution >= 0.6 is 0 Å². The number of rotatable bonds is 6. The van der Waals surface area contributed by atoms with Gasteiger partial charge in [0.25, 0.3) is 0 Å². The number of esters is 2. The SMILES string of the molecule is CC(=O)Oc1ccc(C(c2ccc(OC(C)=O)cc2)c2cnccc2C(=O)O)cc1. The summed E-state index contributed by atoms with van der Waals surface area (Å²) in [5, 5.41) is 9.65. The van der Waals surface area contributed by atoms with Crippen LogP contribution in [-0.4, -0.2) is 28.0 Å². The molecule has 0 saturated carbocycles. The Morgan fingerprint density at radius 1 is 0.800 bits per heavy atom. The number of aromatic nitrogens is 1. The van der Waals surface area contributed by atoms with Crippen molar-refractivity contribution in [1.82, 2.24) is 4.98 Å². The number of pyridine rings is 1. The molecule has 1 N–H and O–H groups in total. The van der Waals surface area contributed by atoms with Crippen molar-refractivity contribution in [2.45, 2.75) is 19.8 Å². The van der Waals surface area contributed by atoms with Crippen LogP contribution in [0.15, 0.2) is 67.0 Å². The second-order valence-corrected chi connectivity index (χ2v) is 6.53. The smallest absolute Gasteiger partial charge is 0.336 e. The lowest BCUT2D eigenvalue weighted by Gasteiger charge is -2.21. The van der Waals surface area contributed by atoms with E-state index in [1.54, 1.807) is 48.5 Å². The van der Waals surface area contributed by atoms with E-state index in [1.807, 2.05) is 0 Å². The molecule has 0 amide bonds. The molecule has 1 aromatic heterocycles. The standard InChI is InChI=1S/C23H19NO6/c1-14(25)29-18-7-3-16(4-8-18)22(21-13-24-12-11-20(21)23(27)28)17-5-9-19(10-6-17)30-15(2)26/h3-13,22H,1-2H3,(H,27,28). The molecular weight excluding hydrogens is 386 g/mol. The fourth-order valence-corrected chi connectivity index (χ4v) is 3.17. The van der Waals surface area contributed by atoms with Crippen LogP contribution < -0.4 is 9.47 Å². The van der Waals surface area contributed by atoms with E-state index in [4.69, 9.17) is 9.47 Å². The molecule has 152 valence electrons.